The molecule has 0 bridgehead atoms. The van der Waals surface area contributed by atoms with Crippen molar-refractivity contribution in [1.29, 1.82) is 0 Å². The lowest BCUT2D eigenvalue weighted by Gasteiger charge is -2.40. The van der Waals surface area contributed by atoms with E-state index in [9.17, 15) is 18.0 Å². The van der Waals surface area contributed by atoms with Crippen LogP contribution >= 0.6 is 39.1 Å². The van der Waals surface area contributed by atoms with E-state index in [1.807, 2.05) is 48.5 Å². The molecule has 1 atom stereocenters. The maximum absolute atomic E-state index is 13.9. The molecular weight excluding hydrogens is 613 g/mol. The first-order chi connectivity index (χ1) is 18.1. The van der Waals surface area contributed by atoms with Crippen LogP contribution in [0.15, 0.2) is 76.1 Å². The van der Waals surface area contributed by atoms with Crippen molar-refractivity contribution in [3.63, 3.8) is 0 Å². The summed E-state index contributed by atoms with van der Waals surface area (Å²) in [5.74, 6) is -0.602. The zero-order valence-corrected chi connectivity index (χ0v) is 24.1. The van der Waals surface area contributed by atoms with E-state index in [2.05, 4.69) is 15.9 Å². The Balaban J connectivity index is 1.41. The monoisotopic (exact) mass is 635 g/mol. The van der Waals surface area contributed by atoms with Crippen LogP contribution in [0.25, 0.3) is 0 Å². The molecule has 3 aromatic rings. The van der Waals surface area contributed by atoms with Gasteiger partial charge in [-0.1, -0.05) is 81.6 Å². The highest BCUT2D eigenvalue weighted by Crippen LogP contribution is 2.36. The number of nitrogens with zero attached hydrogens (tertiary/aromatic N) is 3. The molecule has 2 amide bonds. The molecular formula is C27H24BrCl2N3O4S. The lowest BCUT2D eigenvalue weighted by atomic mass is 9.95. The molecule has 2 aliphatic rings. The Labute approximate surface area is 240 Å². The van der Waals surface area contributed by atoms with Gasteiger partial charge in [0.25, 0.3) is 0 Å². The van der Waals surface area contributed by atoms with Gasteiger partial charge in [0.15, 0.2) is 0 Å². The average Bonchev–Trinajstić information content (AvgIpc) is 2.89. The van der Waals surface area contributed by atoms with Crippen LogP contribution in [0.3, 0.4) is 0 Å². The molecule has 198 valence electrons. The fourth-order valence-corrected chi connectivity index (χ4v) is 7.81. The number of sulfonamides is 1. The summed E-state index contributed by atoms with van der Waals surface area (Å²) < 4.78 is 29.9. The number of amides is 2. The number of rotatable bonds is 5. The molecule has 11 heteroatoms. The summed E-state index contributed by atoms with van der Waals surface area (Å²) in [4.78, 5) is 29.8. The molecule has 2 heterocycles. The van der Waals surface area contributed by atoms with Crippen molar-refractivity contribution in [3.05, 3.63) is 97.9 Å². The number of hydrogen-bond donors (Lipinski definition) is 0. The summed E-state index contributed by atoms with van der Waals surface area (Å²) >= 11 is 16.0. The van der Waals surface area contributed by atoms with E-state index in [0.717, 1.165) is 21.2 Å². The van der Waals surface area contributed by atoms with Crippen LogP contribution in [0.2, 0.25) is 10.0 Å². The van der Waals surface area contributed by atoms with E-state index >= 15 is 0 Å². The molecule has 0 saturated carbocycles. The standard InChI is InChI=1S/C27H24BrCl2N3O4S/c28-21-10-8-18(9-11-21)15-31-12-13-32(17-25(31)34)27(35)24-14-19-4-1-2-5-20(19)16-33(24)38(36,37)26-22(29)6-3-7-23(26)30/h1-11,24H,12-17H2. The normalized spacial score (nSPS) is 18.4. The van der Waals surface area contributed by atoms with Crippen LogP contribution in [0, 0.1) is 0 Å². The van der Waals surface area contributed by atoms with Gasteiger partial charge in [0.1, 0.15) is 10.9 Å². The summed E-state index contributed by atoms with van der Waals surface area (Å²) in [6.45, 7) is 0.978. The second-order valence-electron chi connectivity index (χ2n) is 9.29. The third-order valence-electron chi connectivity index (χ3n) is 6.89. The van der Waals surface area contributed by atoms with Crippen LogP contribution in [0.1, 0.15) is 16.7 Å². The molecule has 0 radical (unpaired) electrons. The molecule has 5 rings (SSSR count). The van der Waals surface area contributed by atoms with E-state index in [4.69, 9.17) is 23.2 Å². The smallest absolute Gasteiger partial charge is 0.247 e. The fourth-order valence-electron chi connectivity index (χ4n) is 4.89. The molecule has 0 spiro atoms. The number of halogens is 3. The molecule has 0 aliphatic carbocycles. The molecule has 1 fully saturated rings. The molecule has 1 saturated heterocycles. The van der Waals surface area contributed by atoms with Gasteiger partial charge in [0.2, 0.25) is 21.8 Å². The topological polar surface area (TPSA) is 78.0 Å². The number of fused-ring (bicyclic) bond motifs is 1. The van der Waals surface area contributed by atoms with Crippen molar-refractivity contribution in [3.8, 4) is 0 Å². The van der Waals surface area contributed by atoms with Crippen LogP contribution < -0.4 is 0 Å². The molecule has 1 unspecified atom stereocenters. The number of benzene rings is 3. The second-order valence-corrected chi connectivity index (χ2v) is 12.8. The predicted octanol–water partition coefficient (Wildman–Crippen LogP) is 4.74. The third kappa shape index (κ3) is 5.35. The highest BCUT2D eigenvalue weighted by molar-refractivity contribution is 9.10. The number of carbonyl (C=O) groups is 2. The molecule has 0 N–H and O–H groups in total. The zero-order valence-electron chi connectivity index (χ0n) is 20.2. The highest BCUT2D eigenvalue weighted by atomic mass is 79.9. The molecule has 7 nitrogen and oxygen atoms in total. The minimum atomic E-state index is -4.24. The summed E-state index contributed by atoms with van der Waals surface area (Å²) in [6, 6.07) is 18.6. The van der Waals surface area contributed by atoms with Gasteiger partial charge < -0.3 is 9.80 Å². The Morgan fingerprint density at radius 3 is 2.21 bits per heavy atom. The lowest BCUT2D eigenvalue weighted by molar-refractivity contribution is -0.148. The largest absolute Gasteiger partial charge is 0.335 e. The SMILES string of the molecule is O=C1CN(C(=O)C2Cc3ccccc3CN2S(=O)(=O)c2c(Cl)cccc2Cl)CCN1Cc1ccc(Br)cc1. The predicted molar refractivity (Wildman–Crippen MR) is 149 cm³/mol. The number of hydrogen-bond acceptors (Lipinski definition) is 4. The Kier molecular flexibility index (Phi) is 7.84. The maximum atomic E-state index is 13.9. The average molecular weight is 637 g/mol. The first kappa shape index (κ1) is 27.1. The molecule has 2 aliphatic heterocycles. The van der Waals surface area contributed by atoms with Gasteiger partial charge in [-0.15, -0.1) is 0 Å². The van der Waals surface area contributed by atoms with Crippen molar-refractivity contribution in [2.75, 3.05) is 19.6 Å². The van der Waals surface area contributed by atoms with Gasteiger partial charge in [0.05, 0.1) is 16.6 Å². The zero-order chi connectivity index (χ0) is 27.0. The summed E-state index contributed by atoms with van der Waals surface area (Å²) in [5.41, 5.74) is 2.68. The van der Waals surface area contributed by atoms with E-state index < -0.39 is 22.0 Å². The van der Waals surface area contributed by atoms with Gasteiger partial charge in [-0.2, -0.15) is 4.31 Å². The third-order valence-corrected chi connectivity index (χ3v) is 10.2. The Hall–Kier alpha value is -2.43. The van der Waals surface area contributed by atoms with Gasteiger partial charge in [-0.25, -0.2) is 8.42 Å². The van der Waals surface area contributed by atoms with Gasteiger partial charge in [-0.3, -0.25) is 9.59 Å². The minimum Gasteiger partial charge on any atom is -0.335 e. The van der Waals surface area contributed by atoms with Crippen molar-refractivity contribution < 1.29 is 18.0 Å². The first-order valence-corrected chi connectivity index (χ1v) is 15.0. The highest BCUT2D eigenvalue weighted by Gasteiger charge is 2.43. The number of carbonyl (C=O) groups excluding carboxylic acids is 2. The van der Waals surface area contributed by atoms with Crippen LogP contribution in [0.5, 0.6) is 0 Å². The van der Waals surface area contributed by atoms with Crippen LogP contribution in [-0.4, -0.2) is 60.0 Å². The fraction of sp³-hybridized carbons (Fsp3) is 0.259. The lowest BCUT2D eigenvalue weighted by Crippen LogP contribution is -2.58. The molecule has 0 aromatic heterocycles. The van der Waals surface area contributed by atoms with Crippen LogP contribution in [-0.2, 0) is 39.1 Å². The second kappa shape index (κ2) is 11.0. The van der Waals surface area contributed by atoms with Gasteiger partial charge >= 0.3 is 0 Å². The van der Waals surface area contributed by atoms with Crippen molar-refractivity contribution in [2.24, 2.45) is 0 Å². The minimum absolute atomic E-state index is 0.00601. The van der Waals surface area contributed by atoms with Crippen molar-refractivity contribution >= 4 is 61.0 Å². The number of piperazine rings is 1. The van der Waals surface area contributed by atoms with E-state index in [-0.39, 0.29) is 40.4 Å². The molecule has 3 aromatic carbocycles. The van der Waals surface area contributed by atoms with E-state index in [1.54, 1.807) is 11.0 Å². The van der Waals surface area contributed by atoms with Gasteiger partial charge in [0, 0.05) is 30.7 Å². The van der Waals surface area contributed by atoms with Crippen molar-refractivity contribution in [2.45, 2.75) is 30.4 Å². The Morgan fingerprint density at radius 1 is 0.895 bits per heavy atom. The quantitative estimate of drug-likeness (QED) is 0.405. The summed E-state index contributed by atoms with van der Waals surface area (Å²) in [6.07, 6.45) is 0.184. The Bertz CT molecular complexity index is 1480. The van der Waals surface area contributed by atoms with E-state index in [1.165, 1.54) is 21.3 Å². The van der Waals surface area contributed by atoms with Crippen LogP contribution in [0.4, 0.5) is 0 Å². The first-order valence-electron chi connectivity index (χ1n) is 12.0. The maximum Gasteiger partial charge on any atom is 0.247 e. The van der Waals surface area contributed by atoms with Crippen molar-refractivity contribution in [1.82, 2.24) is 14.1 Å². The van der Waals surface area contributed by atoms with E-state index in [0.29, 0.717) is 19.6 Å². The summed E-state index contributed by atoms with van der Waals surface area (Å²) in [7, 11) is -4.24. The molecule has 38 heavy (non-hydrogen) atoms. The Morgan fingerprint density at radius 2 is 1.55 bits per heavy atom. The summed E-state index contributed by atoms with van der Waals surface area (Å²) in [5, 5.41) is -0.0291. The van der Waals surface area contributed by atoms with Gasteiger partial charge in [-0.05, 0) is 47.4 Å².